The summed E-state index contributed by atoms with van der Waals surface area (Å²) in [5.41, 5.74) is 3.84. The lowest BCUT2D eigenvalue weighted by atomic mass is 10.1. The molecule has 1 aromatic heterocycles. The van der Waals surface area contributed by atoms with Crippen LogP contribution < -0.4 is 5.32 Å². The number of rotatable bonds is 6. The van der Waals surface area contributed by atoms with E-state index in [4.69, 9.17) is 0 Å². The van der Waals surface area contributed by atoms with Crippen molar-refractivity contribution in [3.63, 3.8) is 0 Å². The molecule has 3 nitrogen and oxygen atoms in total. The summed E-state index contributed by atoms with van der Waals surface area (Å²) >= 11 is 0. The van der Waals surface area contributed by atoms with Gasteiger partial charge in [0.2, 0.25) is 0 Å². The van der Waals surface area contributed by atoms with Crippen molar-refractivity contribution in [2.75, 3.05) is 6.54 Å². The number of aromatic nitrogens is 2. The Morgan fingerprint density at radius 3 is 2.22 bits per heavy atom. The van der Waals surface area contributed by atoms with Crippen molar-refractivity contribution >= 4 is 0 Å². The highest BCUT2D eigenvalue weighted by atomic mass is 15.3. The van der Waals surface area contributed by atoms with Gasteiger partial charge in [0.1, 0.15) is 0 Å². The lowest BCUT2D eigenvalue weighted by Crippen LogP contribution is -2.35. The Balaban J connectivity index is 1.52. The van der Waals surface area contributed by atoms with E-state index in [1.54, 1.807) is 0 Å². The Morgan fingerprint density at radius 2 is 1.78 bits per heavy atom. The molecular formula is C15H25N3. The maximum atomic E-state index is 4.60. The van der Waals surface area contributed by atoms with Gasteiger partial charge in [-0.1, -0.05) is 0 Å². The zero-order chi connectivity index (χ0) is 12.7. The van der Waals surface area contributed by atoms with Crippen LogP contribution in [0.1, 0.15) is 42.6 Å². The summed E-state index contributed by atoms with van der Waals surface area (Å²) in [6.45, 7) is 8.52. The maximum Gasteiger partial charge on any atom is 0.0625 e. The molecule has 100 valence electrons. The molecule has 18 heavy (non-hydrogen) atoms. The average molecular weight is 247 g/mol. The zero-order valence-corrected chi connectivity index (χ0v) is 11.9. The van der Waals surface area contributed by atoms with E-state index in [0.717, 1.165) is 31.0 Å². The molecule has 1 aromatic rings. The van der Waals surface area contributed by atoms with Crippen LogP contribution in [-0.2, 0) is 6.54 Å². The molecule has 2 fully saturated rings. The van der Waals surface area contributed by atoms with Crippen LogP contribution in [0, 0.1) is 32.6 Å². The van der Waals surface area contributed by atoms with E-state index < -0.39 is 0 Å². The summed E-state index contributed by atoms with van der Waals surface area (Å²) in [7, 11) is 0. The fraction of sp³-hybridized carbons (Fsp3) is 0.800. The van der Waals surface area contributed by atoms with E-state index >= 15 is 0 Å². The first-order valence-corrected chi connectivity index (χ1v) is 7.41. The third kappa shape index (κ3) is 2.46. The highest BCUT2D eigenvalue weighted by Crippen LogP contribution is 2.44. The van der Waals surface area contributed by atoms with Crippen molar-refractivity contribution in [3.05, 3.63) is 17.0 Å². The van der Waals surface area contributed by atoms with Gasteiger partial charge in [0.15, 0.2) is 0 Å². The summed E-state index contributed by atoms with van der Waals surface area (Å²) in [5.74, 6) is 1.97. The van der Waals surface area contributed by atoms with Gasteiger partial charge in [-0.25, -0.2) is 0 Å². The van der Waals surface area contributed by atoms with Crippen molar-refractivity contribution in [2.45, 2.75) is 59.0 Å². The van der Waals surface area contributed by atoms with Crippen LogP contribution in [-0.4, -0.2) is 22.4 Å². The first-order chi connectivity index (χ1) is 8.66. The summed E-state index contributed by atoms with van der Waals surface area (Å²) < 4.78 is 2.16. The SMILES string of the molecule is Cc1nn(CCNC(C2CC2)C2CC2)c(C)c1C. The minimum atomic E-state index is 0.808. The van der Waals surface area contributed by atoms with Gasteiger partial charge in [-0.2, -0.15) is 5.10 Å². The fourth-order valence-electron chi connectivity index (χ4n) is 2.97. The van der Waals surface area contributed by atoms with Gasteiger partial charge >= 0.3 is 0 Å². The Kier molecular flexibility index (Phi) is 3.18. The standard InChI is InChI=1S/C15H25N3/c1-10-11(2)17-18(12(10)3)9-8-16-15(13-4-5-13)14-6-7-14/h13-16H,4-9H2,1-3H3. The van der Waals surface area contributed by atoms with E-state index in [0.29, 0.717) is 0 Å². The summed E-state index contributed by atoms with van der Waals surface area (Å²) in [4.78, 5) is 0. The smallest absolute Gasteiger partial charge is 0.0625 e. The van der Waals surface area contributed by atoms with Crippen LogP contribution in [0.4, 0.5) is 0 Å². The highest BCUT2D eigenvalue weighted by Gasteiger charge is 2.40. The molecule has 0 aromatic carbocycles. The quantitative estimate of drug-likeness (QED) is 0.837. The molecule has 2 aliphatic carbocycles. The maximum absolute atomic E-state index is 4.60. The number of hydrogen-bond donors (Lipinski definition) is 1. The summed E-state index contributed by atoms with van der Waals surface area (Å²) in [5, 5.41) is 8.39. The fourth-order valence-corrected chi connectivity index (χ4v) is 2.97. The number of nitrogens with zero attached hydrogens (tertiary/aromatic N) is 2. The van der Waals surface area contributed by atoms with Crippen molar-refractivity contribution in [3.8, 4) is 0 Å². The third-order valence-electron chi connectivity index (χ3n) is 4.71. The number of nitrogens with one attached hydrogen (secondary N) is 1. The first-order valence-electron chi connectivity index (χ1n) is 7.41. The van der Waals surface area contributed by atoms with Crippen molar-refractivity contribution < 1.29 is 0 Å². The molecule has 2 saturated carbocycles. The van der Waals surface area contributed by atoms with Gasteiger partial charge in [-0.15, -0.1) is 0 Å². The van der Waals surface area contributed by atoms with Gasteiger partial charge in [0.05, 0.1) is 12.2 Å². The minimum Gasteiger partial charge on any atom is -0.312 e. The molecular weight excluding hydrogens is 222 g/mol. The van der Waals surface area contributed by atoms with Crippen LogP contribution in [0.2, 0.25) is 0 Å². The lowest BCUT2D eigenvalue weighted by Gasteiger charge is -2.17. The molecule has 0 spiro atoms. The van der Waals surface area contributed by atoms with Gasteiger partial charge in [0.25, 0.3) is 0 Å². The molecule has 0 atom stereocenters. The van der Waals surface area contributed by atoms with Crippen molar-refractivity contribution in [2.24, 2.45) is 11.8 Å². The van der Waals surface area contributed by atoms with E-state index in [1.165, 1.54) is 42.6 Å². The molecule has 0 aliphatic heterocycles. The second-order valence-corrected chi connectivity index (χ2v) is 6.17. The Bertz CT molecular complexity index is 415. The molecule has 3 rings (SSSR count). The first kappa shape index (κ1) is 12.2. The van der Waals surface area contributed by atoms with E-state index in [9.17, 15) is 0 Å². The van der Waals surface area contributed by atoms with Gasteiger partial charge in [-0.05, 0) is 63.9 Å². The van der Waals surface area contributed by atoms with Crippen LogP contribution in [0.5, 0.6) is 0 Å². The molecule has 1 heterocycles. The van der Waals surface area contributed by atoms with Crippen LogP contribution >= 0.6 is 0 Å². The molecule has 0 radical (unpaired) electrons. The predicted octanol–water partition coefficient (Wildman–Crippen LogP) is 2.59. The van der Waals surface area contributed by atoms with E-state index in [2.05, 4.69) is 35.9 Å². The molecule has 0 bridgehead atoms. The highest BCUT2D eigenvalue weighted by molar-refractivity contribution is 5.22. The van der Waals surface area contributed by atoms with Gasteiger partial charge in [-0.3, -0.25) is 4.68 Å². The Morgan fingerprint density at radius 1 is 1.17 bits per heavy atom. The monoisotopic (exact) mass is 247 g/mol. The normalized spacial score (nSPS) is 19.8. The molecule has 0 unspecified atom stereocenters. The lowest BCUT2D eigenvalue weighted by molar-refractivity contribution is 0.399. The van der Waals surface area contributed by atoms with Crippen molar-refractivity contribution in [1.29, 1.82) is 0 Å². The Labute approximate surface area is 110 Å². The summed E-state index contributed by atoms with van der Waals surface area (Å²) in [6.07, 6.45) is 5.81. The van der Waals surface area contributed by atoms with Gasteiger partial charge < -0.3 is 5.32 Å². The second-order valence-electron chi connectivity index (χ2n) is 6.17. The van der Waals surface area contributed by atoms with Crippen molar-refractivity contribution in [1.82, 2.24) is 15.1 Å². The largest absolute Gasteiger partial charge is 0.312 e. The zero-order valence-electron chi connectivity index (χ0n) is 11.9. The van der Waals surface area contributed by atoms with E-state index in [-0.39, 0.29) is 0 Å². The number of hydrogen-bond acceptors (Lipinski definition) is 2. The molecule has 1 N–H and O–H groups in total. The molecule has 0 amide bonds. The predicted molar refractivity (Wildman–Crippen MR) is 73.7 cm³/mol. The van der Waals surface area contributed by atoms with Gasteiger partial charge in [0, 0.05) is 18.3 Å². The third-order valence-corrected chi connectivity index (χ3v) is 4.71. The molecule has 2 aliphatic rings. The van der Waals surface area contributed by atoms with Crippen LogP contribution in [0.25, 0.3) is 0 Å². The van der Waals surface area contributed by atoms with Crippen LogP contribution in [0.3, 0.4) is 0 Å². The Hall–Kier alpha value is -0.830. The molecule has 3 heteroatoms. The topological polar surface area (TPSA) is 29.9 Å². The second kappa shape index (κ2) is 4.69. The molecule has 0 saturated heterocycles. The average Bonchev–Trinajstić information content (AvgIpc) is 3.23. The summed E-state index contributed by atoms with van der Waals surface area (Å²) in [6, 6.07) is 0.808. The minimum absolute atomic E-state index is 0.808. The number of aryl methyl sites for hydroxylation is 1. The van der Waals surface area contributed by atoms with E-state index in [1.807, 2.05) is 0 Å². The van der Waals surface area contributed by atoms with Crippen LogP contribution in [0.15, 0.2) is 0 Å².